The summed E-state index contributed by atoms with van der Waals surface area (Å²) in [5.74, 6) is -1.14. The number of benzene rings is 3. The van der Waals surface area contributed by atoms with Gasteiger partial charge in [-0.15, -0.1) is 0 Å². The Morgan fingerprint density at radius 1 is 0.844 bits per heavy atom. The number of esters is 1. The van der Waals surface area contributed by atoms with Crippen LogP contribution in [-0.4, -0.2) is 62.8 Å². The molecule has 0 spiro atoms. The van der Waals surface area contributed by atoms with Crippen LogP contribution in [0.4, 0.5) is 0 Å². The molecular weight excluding hydrogens is 611 g/mol. The Balaban J connectivity index is 0.000000836. The second kappa shape index (κ2) is 20.7. The second-order valence-corrected chi connectivity index (χ2v) is 21.0. The van der Waals surface area contributed by atoms with E-state index < -0.39 is 22.1 Å². The van der Waals surface area contributed by atoms with Crippen LogP contribution in [0, 0.1) is 10.1 Å². The molecule has 45 heavy (non-hydrogen) atoms. The number of carbonyl (C=O) groups excluding carboxylic acids is 1. The summed E-state index contributed by atoms with van der Waals surface area (Å²) in [5.41, 5.74) is 6.40. The molecule has 0 aliphatic carbocycles. The number of aliphatic carboxylic acids is 1. The van der Waals surface area contributed by atoms with Crippen LogP contribution in [0.1, 0.15) is 18.4 Å². The fraction of sp³-hybridized carbons (Fsp3) is 0.344. The van der Waals surface area contributed by atoms with Crippen molar-refractivity contribution in [2.24, 2.45) is 5.73 Å². The van der Waals surface area contributed by atoms with Gasteiger partial charge in [-0.05, 0) is 17.6 Å². The molecule has 0 aliphatic heterocycles. The van der Waals surface area contributed by atoms with Crippen molar-refractivity contribution in [1.82, 2.24) is 6.15 Å². The van der Waals surface area contributed by atoms with Crippen LogP contribution in [0.5, 0.6) is 0 Å². The number of hydrogen-bond acceptors (Lipinski definition) is 8. The van der Waals surface area contributed by atoms with E-state index in [1.165, 1.54) is 5.19 Å². The molecule has 3 aromatic rings. The van der Waals surface area contributed by atoms with Crippen molar-refractivity contribution in [2.45, 2.75) is 56.7 Å². The van der Waals surface area contributed by atoms with Crippen LogP contribution in [0.2, 0.25) is 37.3 Å². The first-order valence-electron chi connectivity index (χ1n) is 14.2. The van der Waals surface area contributed by atoms with Gasteiger partial charge in [0.15, 0.2) is 0 Å². The van der Waals surface area contributed by atoms with E-state index in [1.54, 1.807) is 0 Å². The van der Waals surface area contributed by atoms with Crippen molar-refractivity contribution in [3.05, 3.63) is 107 Å². The number of hydrogen-bond donors (Lipinski definition) is 4. The maximum atomic E-state index is 12.3. The first-order valence-corrected chi connectivity index (χ1v) is 20.4. The van der Waals surface area contributed by atoms with E-state index >= 15 is 0 Å². The molecule has 0 bridgehead atoms. The van der Waals surface area contributed by atoms with E-state index in [9.17, 15) is 19.7 Å². The zero-order valence-electron chi connectivity index (χ0n) is 26.5. The van der Waals surface area contributed by atoms with Crippen LogP contribution in [0.3, 0.4) is 0 Å². The Hall–Kier alpha value is -4.18. The predicted molar refractivity (Wildman–Crippen MR) is 182 cm³/mol. The van der Waals surface area contributed by atoms with Crippen LogP contribution in [0.15, 0.2) is 91.0 Å². The number of nitrogens with two attached hydrogens (primary N) is 1. The summed E-state index contributed by atoms with van der Waals surface area (Å²) >= 11 is 0. The Morgan fingerprint density at radius 3 is 1.62 bits per heavy atom. The average molecular weight is 658 g/mol. The summed E-state index contributed by atoms with van der Waals surface area (Å²) in [6.45, 7) is 8.68. The van der Waals surface area contributed by atoms with Gasteiger partial charge in [-0.3, -0.25) is 24.5 Å². The van der Waals surface area contributed by atoms with Gasteiger partial charge in [0.05, 0.1) is 22.6 Å². The summed E-state index contributed by atoms with van der Waals surface area (Å²) < 4.78 is 5.33. The fourth-order valence-corrected chi connectivity index (χ4v) is 10.4. The average Bonchev–Trinajstić information content (AvgIpc) is 3.00. The molecule has 3 aromatic carbocycles. The third-order valence-electron chi connectivity index (χ3n) is 7.81. The van der Waals surface area contributed by atoms with E-state index in [0.29, 0.717) is 6.54 Å². The van der Waals surface area contributed by atoms with Crippen LogP contribution >= 0.6 is 0 Å². The monoisotopic (exact) mass is 657 g/mol. The summed E-state index contributed by atoms with van der Waals surface area (Å²) in [6, 6.07) is 29.3. The highest BCUT2D eigenvalue weighted by Gasteiger charge is 2.39. The van der Waals surface area contributed by atoms with E-state index in [4.69, 9.17) is 25.5 Å². The number of nitrogens with zero attached hydrogens (tertiary/aromatic N) is 1. The van der Waals surface area contributed by atoms with Gasteiger partial charge >= 0.3 is 11.9 Å². The van der Waals surface area contributed by atoms with Gasteiger partial charge < -0.3 is 26.8 Å². The molecule has 0 amide bonds. The highest BCUT2D eigenvalue weighted by Crippen LogP contribution is 2.27. The molecule has 7 N–H and O–H groups in total. The van der Waals surface area contributed by atoms with Gasteiger partial charge in [0.25, 0.3) is 6.47 Å². The Labute approximate surface area is 267 Å². The zero-order chi connectivity index (χ0) is 33.2. The SMILES string of the molecule is C[Si](C)(c1ccccc1)C(CC(=O)OCc1ccccc1)C[N+](=O)[O-].C[Si](C)(c1ccccc1)C(CN)CC(=O)O.N.O=CO. The molecule has 11 nitrogen and oxygen atoms in total. The van der Waals surface area contributed by atoms with Crippen LogP contribution < -0.4 is 22.3 Å². The number of nitro groups is 1. The third kappa shape index (κ3) is 14.4. The van der Waals surface area contributed by atoms with Crippen molar-refractivity contribution in [3.63, 3.8) is 0 Å². The maximum Gasteiger partial charge on any atom is 0.306 e. The minimum absolute atomic E-state index is 0. The molecule has 246 valence electrons. The number of carbonyl (C=O) groups is 3. The fourth-order valence-electron chi connectivity index (χ4n) is 4.78. The van der Waals surface area contributed by atoms with E-state index in [2.05, 4.69) is 38.3 Å². The molecule has 2 unspecified atom stereocenters. The number of rotatable bonds is 13. The zero-order valence-corrected chi connectivity index (χ0v) is 28.5. The standard InChI is InChI=1S/C19H23NO4Si.C12H19NO2Si.CH2O2.H3N/c1-25(2,17-11-7-4-8-12-17)18(14-20(22)23)13-19(21)24-15-16-9-5-3-6-10-16;1-16(2,10-6-4-3-5-7-10)11(9-13)8-12(14)15;2-1-3;/h3-12,18H,13-15H2,1-2H3;3-7,11H,8-9,13H2,1-2H3,(H,14,15);1H,(H,2,3);1H3. The van der Waals surface area contributed by atoms with Crippen molar-refractivity contribution in [1.29, 1.82) is 0 Å². The Morgan fingerprint density at radius 2 is 1.24 bits per heavy atom. The lowest BCUT2D eigenvalue weighted by Crippen LogP contribution is -2.49. The second-order valence-electron chi connectivity index (χ2n) is 11.4. The molecule has 0 aliphatic rings. The topological polar surface area (TPSA) is 205 Å². The van der Waals surface area contributed by atoms with Gasteiger partial charge in [-0.25, -0.2) is 0 Å². The number of ether oxygens (including phenoxy) is 1. The highest BCUT2D eigenvalue weighted by molar-refractivity contribution is 6.91. The highest BCUT2D eigenvalue weighted by atomic mass is 28.3. The maximum absolute atomic E-state index is 12.3. The minimum atomic E-state index is -2.19. The molecule has 0 saturated heterocycles. The van der Waals surface area contributed by atoms with Gasteiger partial charge in [-0.1, -0.05) is 128 Å². The summed E-state index contributed by atoms with van der Waals surface area (Å²) in [5, 5.41) is 29.3. The lowest BCUT2D eigenvalue weighted by Gasteiger charge is -2.31. The minimum Gasteiger partial charge on any atom is -0.483 e. The lowest BCUT2D eigenvalue weighted by molar-refractivity contribution is -0.480. The van der Waals surface area contributed by atoms with Gasteiger partial charge in [0, 0.05) is 16.9 Å². The molecule has 0 saturated carbocycles. The number of carboxylic acids is 1. The third-order valence-corrected chi connectivity index (χ3v) is 16.4. The first kappa shape index (κ1) is 40.8. The molecule has 13 heteroatoms. The Bertz CT molecular complexity index is 1300. The molecule has 0 aromatic heterocycles. The van der Waals surface area contributed by atoms with Gasteiger partial charge in [-0.2, -0.15) is 0 Å². The van der Waals surface area contributed by atoms with E-state index in [-0.39, 0.29) is 60.6 Å². The summed E-state index contributed by atoms with van der Waals surface area (Å²) in [7, 11) is -3.96. The lowest BCUT2D eigenvalue weighted by atomic mass is 10.2. The molecule has 0 fully saturated rings. The quantitative estimate of drug-likeness (QED) is 0.0658. The van der Waals surface area contributed by atoms with Crippen molar-refractivity contribution in [2.75, 3.05) is 13.1 Å². The van der Waals surface area contributed by atoms with E-state index in [0.717, 1.165) is 10.8 Å². The van der Waals surface area contributed by atoms with Crippen LogP contribution in [-0.2, 0) is 25.7 Å². The normalized spacial score (nSPS) is 11.9. The summed E-state index contributed by atoms with van der Waals surface area (Å²) in [6.07, 6.45) is 0.243. The predicted octanol–water partition coefficient (Wildman–Crippen LogP) is 4.65. The molecule has 0 radical (unpaired) electrons. The Kier molecular flexibility index (Phi) is 18.8. The molecule has 2 atom stereocenters. The molecule has 3 rings (SSSR count). The smallest absolute Gasteiger partial charge is 0.306 e. The molecular formula is C32H47N3O8Si2. The largest absolute Gasteiger partial charge is 0.483 e. The van der Waals surface area contributed by atoms with Crippen molar-refractivity contribution in [3.8, 4) is 0 Å². The van der Waals surface area contributed by atoms with Gasteiger partial charge in [0.1, 0.15) is 6.61 Å². The van der Waals surface area contributed by atoms with Crippen LogP contribution in [0.25, 0.3) is 0 Å². The van der Waals surface area contributed by atoms with E-state index in [1.807, 2.05) is 78.9 Å². The molecule has 0 heterocycles. The first-order chi connectivity index (χ1) is 20.8. The summed E-state index contributed by atoms with van der Waals surface area (Å²) in [4.78, 5) is 42.2. The van der Waals surface area contributed by atoms with Crippen molar-refractivity contribution >= 4 is 44.9 Å². The number of carboxylic acid groups (broad SMARTS) is 2. The van der Waals surface area contributed by atoms with Crippen molar-refractivity contribution < 1.29 is 34.3 Å². The van der Waals surface area contributed by atoms with Gasteiger partial charge in [0.2, 0.25) is 6.54 Å².